The third-order valence-corrected chi connectivity index (χ3v) is 2.56. The maximum Gasteiger partial charge on any atom is 0.119 e. The molecule has 1 N–H and O–H groups in total. The molecule has 0 heterocycles. The Morgan fingerprint density at radius 3 is 2.38 bits per heavy atom. The van der Waals surface area contributed by atoms with Crippen molar-refractivity contribution in [2.45, 2.75) is 40.0 Å². The minimum absolute atomic E-state index is 0.433. The molecular formula is C12H18O. The molecule has 0 aromatic heterocycles. The zero-order valence-electron chi connectivity index (χ0n) is 8.89. The number of phenolic OH excluding ortho intramolecular Hbond substituents is 1. The maximum atomic E-state index is 9.66. The molecule has 1 nitrogen and oxygen atoms in total. The van der Waals surface area contributed by atoms with Crippen LogP contribution >= 0.6 is 0 Å². The summed E-state index contributed by atoms with van der Waals surface area (Å²) in [4.78, 5) is 0. The van der Waals surface area contributed by atoms with Crippen molar-refractivity contribution in [3.8, 4) is 5.75 Å². The van der Waals surface area contributed by atoms with E-state index in [0.717, 1.165) is 12.0 Å². The second kappa shape index (κ2) is 3.82. The maximum absolute atomic E-state index is 9.66. The van der Waals surface area contributed by atoms with E-state index in [1.54, 1.807) is 0 Å². The molecule has 0 saturated heterocycles. The summed E-state index contributed by atoms with van der Waals surface area (Å²) in [5.74, 6) is 0.917. The van der Waals surface area contributed by atoms with Gasteiger partial charge in [-0.25, -0.2) is 0 Å². The second-order valence-electron chi connectivity index (χ2n) is 3.83. The summed E-state index contributed by atoms with van der Waals surface area (Å²) < 4.78 is 0. The van der Waals surface area contributed by atoms with E-state index < -0.39 is 0 Å². The normalized spacial score (nSPS) is 10.8. The van der Waals surface area contributed by atoms with Crippen LogP contribution in [0.2, 0.25) is 0 Å². The topological polar surface area (TPSA) is 20.2 Å². The van der Waals surface area contributed by atoms with Crippen LogP contribution in [0.5, 0.6) is 5.75 Å². The van der Waals surface area contributed by atoms with Gasteiger partial charge in [-0.05, 0) is 42.0 Å². The number of hydrogen-bond donors (Lipinski definition) is 1. The van der Waals surface area contributed by atoms with E-state index in [9.17, 15) is 5.11 Å². The van der Waals surface area contributed by atoms with Crippen molar-refractivity contribution >= 4 is 0 Å². The zero-order valence-corrected chi connectivity index (χ0v) is 8.89. The van der Waals surface area contributed by atoms with Crippen LogP contribution in [0, 0.1) is 6.92 Å². The van der Waals surface area contributed by atoms with Crippen molar-refractivity contribution in [2.24, 2.45) is 0 Å². The highest BCUT2D eigenvalue weighted by Crippen LogP contribution is 2.26. The Morgan fingerprint density at radius 2 is 1.92 bits per heavy atom. The molecule has 0 unspecified atom stereocenters. The third kappa shape index (κ3) is 2.03. The van der Waals surface area contributed by atoms with E-state index in [1.807, 2.05) is 13.0 Å². The first-order chi connectivity index (χ1) is 6.06. The molecule has 0 spiro atoms. The summed E-state index contributed by atoms with van der Waals surface area (Å²) in [6.07, 6.45) is 0.986. The van der Waals surface area contributed by atoms with Gasteiger partial charge in [0.05, 0.1) is 0 Å². The van der Waals surface area contributed by atoms with Crippen molar-refractivity contribution in [3.63, 3.8) is 0 Å². The lowest BCUT2D eigenvalue weighted by molar-refractivity contribution is 0.469. The molecule has 72 valence electrons. The summed E-state index contributed by atoms with van der Waals surface area (Å²) in [5.41, 5.74) is 3.50. The van der Waals surface area contributed by atoms with Crippen molar-refractivity contribution in [3.05, 3.63) is 28.8 Å². The van der Waals surface area contributed by atoms with Crippen molar-refractivity contribution in [1.82, 2.24) is 0 Å². The fraction of sp³-hybridized carbons (Fsp3) is 0.500. The van der Waals surface area contributed by atoms with E-state index in [2.05, 4.69) is 26.8 Å². The van der Waals surface area contributed by atoms with Crippen LogP contribution in [0.25, 0.3) is 0 Å². The Hall–Kier alpha value is -0.980. The van der Waals surface area contributed by atoms with Gasteiger partial charge in [-0.1, -0.05) is 26.8 Å². The zero-order chi connectivity index (χ0) is 10.0. The Labute approximate surface area is 80.4 Å². The predicted molar refractivity (Wildman–Crippen MR) is 56.3 cm³/mol. The Kier molecular flexibility index (Phi) is 2.97. The highest BCUT2D eigenvalue weighted by atomic mass is 16.3. The average molecular weight is 178 g/mol. The first-order valence-corrected chi connectivity index (χ1v) is 4.88. The van der Waals surface area contributed by atoms with Gasteiger partial charge in [-0.2, -0.15) is 0 Å². The van der Waals surface area contributed by atoms with Gasteiger partial charge in [0, 0.05) is 0 Å². The largest absolute Gasteiger partial charge is 0.508 e. The molecule has 0 amide bonds. The van der Waals surface area contributed by atoms with Crippen LogP contribution in [-0.2, 0) is 6.42 Å². The highest BCUT2D eigenvalue weighted by molar-refractivity contribution is 5.43. The van der Waals surface area contributed by atoms with Crippen molar-refractivity contribution < 1.29 is 5.11 Å². The molecule has 0 radical (unpaired) electrons. The number of aromatic hydroxyl groups is 1. The molecule has 0 aliphatic rings. The first kappa shape index (κ1) is 10.1. The second-order valence-corrected chi connectivity index (χ2v) is 3.83. The molecule has 13 heavy (non-hydrogen) atoms. The van der Waals surface area contributed by atoms with Gasteiger partial charge in [0.2, 0.25) is 0 Å². The highest BCUT2D eigenvalue weighted by Gasteiger charge is 2.06. The molecule has 1 heteroatoms. The SMILES string of the molecule is CCc1cc(C(C)C)cc(O)c1C. The number of rotatable bonds is 2. The smallest absolute Gasteiger partial charge is 0.119 e. The molecular weight excluding hydrogens is 160 g/mol. The molecule has 1 aromatic carbocycles. The summed E-state index contributed by atoms with van der Waals surface area (Å²) in [5, 5.41) is 9.66. The van der Waals surface area contributed by atoms with Gasteiger partial charge < -0.3 is 5.11 Å². The third-order valence-electron chi connectivity index (χ3n) is 2.56. The average Bonchev–Trinajstić information content (AvgIpc) is 2.09. The minimum Gasteiger partial charge on any atom is -0.508 e. The molecule has 0 fully saturated rings. The number of hydrogen-bond acceptors (Lipinski definition) is 1. The summed E-state index contributed by atoms with van der Waals surface area (Å²) in [7, 11) is 0. The number of aryl methyl sites for hydroxylation is 1. The molecule has 0 bridgehead atoms. The van der Waals surface area contributed by atoms with Crippen LogP contribution in [0.15, 0.2) is 12.1 Å². The van der Waals surface area contributed by atoms with E-state index >= 15 is 0 Å². The lowest BCUT2D eigenvalue weighted by atomic mass is 9.96. The van der Waals surface area contributed by atoms with Gasteiger partial charge in [-0.15, -0.1) is 0 Å². The van der Waals surface area contributed by atoms with Gasteiger partial charge in [-0.3, -0.25) is 0 Å². The molecule has 0 atom stereocenters. The van der Waals surface area contributed by atoms with Gasteiger partial charge in [0.25, 0.3) is 0 Å². The molecule has 0 aliphatic heterocycles. The standard InChI is InChI=1S/C12H18O/c1-5-10-6-11(8(2)3)7-12(13)9(10)4/h6-8,13H,5H2,1-4H3. The molecule has 0 saturated carbocycles. The van der Waals surface area contributed by atoms with Crippen LogP contribution in [0.3, 0.4) is 0 Å². The predicted octanol–water partition coefficient (Wildman–Crippen LogP) is 3.39. The molecule has 1 aromatic rings. The van der Waals surface area contributed by atoms with E-state index in [1.165, 1.54) is 11.1 Å². The van der Waals surface area contributed by atoms with Gasteiger partial charge >= 0.3 is 0 Å². The molecule has 1 rings (SSSR count). The quantitative estimate of drug-likeness (QED) is 0.736. The number of benzene rings is 1. The Morgan fingerprint density at radius 1 is 1.31 bits per heavy atom. The summed E-state index contributed by atoms with van der Waals surface area (Å²) in [6, 6.07) is 4.07. The van der Waals surface area contributed by atoms with E-state index in [4.69, 9.17) is 0 Å². The monoisotopic (exact) mass is 178 g/mol. The fourth-order valence-corrected chi connectivity index (χ4v) is 1.48. The van der Waals surface area contributed by atoms with Crippen LogP contribution in [0.4, 0.5) is 0 Å². The lowest BCUT2D eigenvalue weighted by Gasteiger charge is -2.11. The van der Waals surface area contributed by atoms with Crippen LogP contribution in [0.1, 0.15) is 43.4 Å². The van der Waals surface area contributed by atoms with E-state index in [0.29, 0.717) is 11.7 Å². The van der Waals surface area contributed by atoms with Crippen LogP contribution < -0.4 is 0 Å². The minimum atomic E-state index is 0.433. The Bertz CT molecular complexity index is 300. The molecule has 0 aliphatic carbocycles. The number of phenols is 1. The lowest BCUT2D eigenvalue weighted by Crippen LogP contribution is -1.93. The Balaban J connectivity index is 3.22. The van der Waals surface area contributed by atoms with Gasteiger partial charge in [0.1, 0.15) is 5.75 Å². The van der Waals surface area contributed by atoms with E-state index in [-0.39, 0.29) is 0 Å². The van der Waals surface area contributed by atoms with Crippen molar-refractivity contribution in [2.75, 3.05) is 0 Å². The fourth-order valence-electron chi connectivity index (χ4n) is 1.48. The van der Waals surface area contributed by atoms with Crippen LogP contribution in [-0.4, -0.2) is 5.11 Å². The first-order valence-electron chi connectivity index (χ1n) is 4.88. The summed E-state index contributed by atoms with van der Waals surface area (Å²) >= 11 is 0. The van der Waals surface area contributed by atoms with Crippen molar-refractivity contribution in [1.29, 1.82) is 0 Å². The van der Waals surface area contributed by atoms with Gasteiger partial charge in [0.15, 0.2) is 0 Å². The summed E-state index contributed by atoms with van der Waals surface area (Å²) in [6.45, 7) is 8.37.